The van der Waals surface area contributed by atoms with E-state index in [1.54, 1.807) is 0 Å². The lowest BCUT2D eigenvalue weighted by molar-refractivity contribution is 0.207. The molecule has 1 heterocycles. The van der Waals surface area contributed by atoms with Gasteiger partial charge >= 0.3 is 0 Å². The topological polar surface area (TPSA) is 80.4 Å². The third-order valence-corrected chi connectivity index (χ3v) is 6.05. The van der Waals surface area contributed by atoms with E-state index in [1.165, 1.54) is 11.8 Å². The van der Waals surface area contributed by atoms with Crippen molar-refractivity contribution < 1.29 is 13.5 Å². The summed E-state index contributed by atoms with van der Waals surface area (Å²) in [6, 6.07) is 5.64. The molecule has 6 heteroatoms. The Bertz CT molecular complexity index is 528. The summed E-state index contributed by atoms with van der Waals surface area (Å²) in [5.74, 6) is -0.122. The molecule has 0 spiro atoms. The normalized spacial score (nSPS) is 27.2. The molecule has 17 heavy (non-hydrogen) atoms. The number of anilines is 1. The second-order valence-corrected chi connectivity index (χ2v) is 7.78. The van der Waals surface area contributed by atoms with Crippen molar-refractivity contribution in [2.24, 2.45) is 0 Å². The lowest BCUT2D eigenvalue weighted by Crippen LogP contribution is -2.20. The van der Waals surface area contributed by atoms with Crippen LogP contribution >= 0.6 is 11.8 Å². The highest BCUT2D eigenvalue weighted by Crippen LogP contribution is 2.34. The first-order valence-electron chi connectivity index (χ1n) is 5.29. The second-order valence-electron chi connectivity index (χ2n) is 4.34. The van der Waals surface area contributed by atoms with E-state index in [1.807, 2.05) is 25.1 Å². The Morgan fingerprint density at radius 1 is 1.41 bits per heavy atom. The number of nitrogen functional groups attached to an aromatic ring is 1. The lowest BCUT2D eigenvalue weighted by atomic mass is 10.2. The largest absolute Gasteiger partial charge is 0.398 e. The minimum atomic E-state index is -3.10. The van der Waals surface area contributed by atoms with Gasteiger partial charge in [0.15, 0.2) is 9.84 Å². The summed E-state index contributed by atoms with van der Waals surface area (Å²) in [6.07, 6.45) is -0.800. The van der Waals surface area contributed by atoms with Gasteiger partial charge in [-0.05, 0) is 24.6 Å². The first kappa shape index (κ1) is 12.7. The number of hydrogen-bond donors (Lipinski definition) is 2. The van der Waals surface area contributed by atoms with Crippen molar-refractivity contribution in [2.75, 3.05) is 17.2 Å². The molecule has 4 nitrogen and oxygen atoms in total. The van der Waals surface area contributed by atoms with E-state index in [2.05, 4.69) is 0 Å². The number of aryl methyl sites for hydroxylation is 1. The zero-order valence-electron chi connectivity index (χ0n) is 9.46. The van der Waals surface area contributed by atoms with Gasteiger partial charge in [-0.3, -0.25) is 0 Å². The van der Waals surface area contributed by atoms with Gasteiger partial charge in [-0.1, -0.05) is 6.07 Å². The number of aliphatic hydroxyl groups excluding tert-OH is 1. The van der Waals surface area contributed by atoms with Crippen molar-refractivity contribution in [3.05, 3.63) is 23.8 Å². The molecule has 2 rings (SSSR count). The van der Waals surface area contributed by atoms with Crippen LogP contribution in [0.3, 0.4) is 0 Å². The zero-order chi connectivity index (χ0) is 12.6. The molecule has 2 unspecified atom stereocenters. The summed E-state index contributed by atoms with van der Waals surface area (Å²) < 4.78 is 22.8. The van der Waals surface area contributed by atoms with Crippen LogP contribution in [-0.2, 0) is 9.84 Å². The van der Waals surface area contributed by atoms with E-state index < -0.39 is 15.9 Å². The van der Waals surface area contributed by atoms with Crippen LogP contribution in [0.15, 0.2) is 23.1 Å². The highest BCUT2D eigenvalue weighted by atomic mass is 32.2. The Kier molecular flexibility index (Phi) is 3.38. The molecule has 3 N–H and O–H groups in total. The maximum atomic E-state index is 11.4. The molecule has 1 aliphatic heterocycles. The molecule has 0 radical (unpaired) electrons. The SMILES string of the molecule is Cc1ccc(SC2CS(=O)(=O)CC2O)c(N)c1. The predicted octanol–water partition coefficient (Wildman–Crippen LogP) is 0.827. The van der Waals surface area contributed by atoms with Crippen LogP contribution in [0.5, 0.6) is 0 Å². The fourth-order valence-corrected chi connectivity index (χ4v) is 5.40. The van der Waals surface area contributed by atoms with Gasteiger partial charge < -0.3 is 10.8 Å². The smallest absolute Gasteiger partial charge is 0.154 e. The molecule has 0 bridgehead atoms. The van der Waals surface area contributed by atoms with E-state index in [9.17, 15) is 13.5 Å². The monoisotopic (exact) mass is 273 g/mol. The van der Waals surface area contributed by atoms with E-state index >= 15 is 0 Å². The van der Waals surface area contributed by atoms with Crippen molar-refractivity contribution in [1.29, 1.82) is 0 Å². The van der Waals surface area contributed by atoms with Gasteiger partial charge in [0, 0.05) is 10.6 Å². The molecular weight excluding hydrogens is 258 g/mol. The molecule has 0 amide bonds. The predicted molar refractivity (Wildman–Crippen MR) is 69.9 cm³/mol. The average molecular weight is 273 g/mol. The Labute approximate surface area is 105 Å². The molecular formula is C11H15NO3S2. The number of benzene rings is 1. The maximum Gasteiger partial charge on any atom is 0.154 e. The van der Waals surface area contributed by atoms with Gasteiger partial charge in [0.2, 0.25) is 0 Å². The maximum absolute atomic E-state index is 11.4. The number of sulfone groups is 1. The van der Waals surface area contributed by atoms with Crippen LogP contribution in [0.4, 0.5) is 5.69 Å². The number of hydrogen-bond acceptors (Lipinski definition) is 5. The Morgan fingerprint density at radius 2 is 2.12 bits per heavy atom. The molecule has 2 atom stereocenters. The van der Waals surface area contributed by atoms with E-state index in [0.717, 1.165) is 10.5 Å². The summed E-state index contributed by atoms with van der Waals surface area (Å²) in [5.41, 5.74) is 7.55. The van der Waals surface area contributed by atoms with Gasteiger partial charge in [0.1, 0.15) is 0 Å². The molecule has 0 saturated carbocycles. The van der Waals surface area contributed by atoms with Gasteiger partial charge in [-0.15, -0.1) is 11.8 Å². The first-order valence-corrected chi connectivity index (χ1v) is 7.99. The number of rotatable bonds is 2. The van der Waals surface area contributed by atoms with Crippen LogP contribution in [0.25, 0.3) is 0 Å². The van der Waals surface area contributed by atoms with Crippen LogP contribution in [0, 0.1) is 6.92 Å². The van der Waals surface area contributed by atoms with E-state index in [0.29, 0.717) is 5.69 Å². The summed E-state index contributed by atoms with van der Waals surface area (Å²) in [6.45, 7) is 1.94. The highest BCUT2D eigenvalue weighted by Gasteiger charge is 2.37. The Morgan fingerprint density at radius 3 is 2.65 bits per heavy atom. The summed E-state index contributed by atoms with van der Waals surface area (Å²) >= 11 is 1.34. The standard InChI is InChI=1S/C11H15NO3S2/c1-7-2-3-10(8(12)4-7)16-11-6-17(14,15)5-9(11)13/h2-4,9,11,13H,5-6,12H2,1H3. The van der Waals surface area contributed by atoms with Crippen LogP contribution in [0.2, 0.25) is 0 Å². The Hall–Kier alpha value is -0.720. The minimum absolute atomic E-state index is 0.0200. The molecule has 1 aromatic carbocycles. The van der Waals surface area contributed by atoms with Gasteiger partial charge in [-0.25, -0.2) is 8.42 Å². The quantitative estimate of drug-likeness (QED) is 0.780. The van der Waals surface area contributed by atoms with Crippen LogP contribution < -0.4 is 5.73 Å². The van der Waals surface area contributed by atoms with Gasteiger partial charge in [0.05, 0.1) is 22.9 Å². The van der Waals surface area contributed by atoms with Crippen LogP contribution in [-0.4, -0.2) is 36.4 Å². The number of nitrogens with two attached hydrogens (primary N) is 1. The van der Waals surface area contributed by atoms with Crippen molar-refractivity contribution in [3.63, 3.8) is 0 Å². The van der Waals surface area contributed by atoms with Crippen molar-refractivity contribution >= 4 is 27.3 Å². The second kappa shape index (κ2) is 4.51. The molecule has 1 aliphatic rings. The Balaban J connectivity index is 2.17. The minimum Gasteiger partial charge on any atom is -0.398 e. The molecule has 0 aliphatic carbocycles. The van der Waals surface area contributed by atoms with Crippen molar-refractivity contribution in [2.45, 2.75) is 23.2 Å². The lowest BCUT2D eigenvalue weighted by Gasteiger charge is -2.13. The third-order valence-electron chi connectivity index (χ3n) is 2.72. The summed E-state index contributed by atoms with van der Waals surface area (Å²) in [7, 11) is -3.10. The zero-order valence-corrected chi connectivity index (χ0v) is 11.1. The number of aliphatic hydroxyl groups is 1. The molecule has 0 aromatic heterocycles. The van der Waals surface area contributed by atoms with Crippen molar-refractivity contribution in [1.82, 2.24) is 0 Å². The molecule has 1 fully saturated rings. The third kappa shape index (κ3) is 2.94. The van der Waals surface area contributed by atoms with Crippen LogP contribution in [0.1, 0.15) is 5.56 Å². The summed E-state index contributed by atoms with van der Waals surface area (Å²) in [5, 5.41) is 9.38. The van der Waals surface area contributed by atoms with Gasteiger partial charge in [0.25, 0.3) is 0 Å². The number of thioether (sulfide) groups is 1. The van der Waals surface area contributed by atoms with E-state index in [-0.39, 0.29) is 16.8 Å². The molecule has 94 valence electrons. The highest BCUT2D eigenvalue weighted by molar-refractivity contribution is 8.02. The first-order chi connectivity index (χ1) is 7.87. The average Bonchev–Trinajstić information content (AvgIpc) is 2.44. The fourth-order valence-electron chi connectivity index (χ4n) is 1.85. The molecule has 1 saturated heterocycles. The molecule has 1 aromatic rings. The fraction of sp³-hybridized carbons (Fsp3) is 0.455. The van der Waals surface area contributed by atoms with Gasteiger partial charge in [-0.2, -0.15) is 0 Å². The summed E-state index contributed by atoms with van der Waals surface area (Å²) in [4.78, 5) is 0.830. The van der Waals surface area contributed by atoms with E-state index in [4.69, 9.17) is 5.73 Å². The van der Waals surface area contributed by atoms with Crippen molar-refractivity contribution in [3.8, 4) is 0 Å².